The smallest absolute Gasteiger partial charge is 0.269 e. The summed E-state index contributed by atoms with van der Waals surface area (Å²) in [5, 5.41) is 11.1. The van der Waals surface area contributed by atoms with E-state index in [2.05, 4.69) is 62.1 Å². The fourth-order valence-corrected chi connectivity index (χ4v) is 5.42. The normalized spacial score (nSPS) is 17.9. The molecule has 0 aliphatic carbocycles. The van der Waals surface area contributed by atoms with Gasteiger partial charge < -0.3 is 9.47 Å². The number of benzene rings is 3. The molecule has 0 fully saturated rings. The average Bonchev–Trinajstić information content (AvgIpc) is 3.30. The number of nitro groups is 1. The minimum atomic E-state index is -0.350. The molecular formula is C29H32N2O4. The SMILES string of the molecule is CC(C)Cc1ccc([C@@H](C)[C@@H]2c3cc4c(cc3CCN2Cc2ccc([N+](=O)[O-])cc2)OCO4)cc1. The Balaban J connectivity index is 1.48. The lowest BCUT2D eigenvalue weighted by atomic mass is 9.81. The number of fused-ring (bicyclic) bond motifs is 2. The van der Waals surface area contributed by atoms with Crippen molar-refractivity contribution in [1.29, 1.82) is 0 Å². The summed E-state index contributed by atoms with van der Waals surface area (Å²) in [7, 11) is 0. The third kappa shape index (κ3) is 4.89. The fraction of sp³-hybridized carbons (Fsp3) is 0.379. The van der Waals surface area contributed by atoms with E-state index >= 15 is 0 Å². The van der Waals surface area contributed by atoms with E-state index in [4.69, 9.17) is 9.47 Å². The van der Waals surface area contributed by atoms with Crippen molar-refractivity contribution in [1.82, 2.24) is 4.90 Å². The summed E-state index contributed by atoms with van der Waals surface area (Å²) < 4.78 is 11.4. The minimum absolute atomic E-state index is 0.122. The Labute approximate surface area is 206 Å². The van der Waals surface area contributed by atoms with Crippen LogP contribution in [0.1, 0.15) is 60.5 Å². The Kier molecular flexibility index (Phi) is 6.48. The van der Waals surface area contributed by atoms with E-state index in [-0.39, 0.29) is 29.4 Å². The van der Waals surface area contributed by atoms with Gasteiger partial charge in [-0.3, -0.25) is 15.0 Å². The summed E-state index contributed by atoms with van der Waals surface area (Å²) in [6.07, 6.45) is 2.01. The molecule has 0 amide bonds. The molecule has 0 unspecified atom stereocenters. The maximum Gasteiger partial charge on any atom is 0.269 e. The minimum Gasteiger partial charge on any atom is -0.454 e. The number of nitro benzene ring substituents is 1. The van der Waals surface area contributed by atoms with Crippen molar-refractivity contribution in [2.45, 2.75) is 52.1 Å². The summed E-state index contributed by atoms with van der Waals surface area (Å²) in [6, 6.07) is 20.5. The lowest BCUT2D eigenvalue weighted by molar-refractivity contribution is -0.384. The zero-order valence-corrected chi connectivity index (χ0v) is 20.6. The topological polar surface area (TPSA) is 64.8 Å². The predicted molar refractivity (Wildman–Crippen MR) is 136 cm³/mol. The number of hydrogen-bond acceptors (Lipinski definition) is 5. The largest absolute Gasteiger partial charge is 0.454 e. The summed E-state index contributed by atoms with van der Waals surface area (Å²) in [4.78, 5) is 13.2. The van der Waals surface area contributed by atoms with E-state index in [1.165, 1.54) is 22.3 Å². The number of nitrogens with zero attached hydrogens (tertiary/aromatic N) is 2. The van der Waals surface area contributed by atoms with Gasteiger partial charge in [0.2, 0.25) is 6.79 Å². The molecular weight excluding hydrogens is 440 g/mol. The molecule has 35 heavy (non-hydrogen) atoms. The highest BCUT2D eigenvalue weighted by molar-refractivity contribution is 5.51. The third-order valence-electron chi connectivity index (χ3n) is 7.17. The molecule has 2 aliphatic heterocycles. The average molecular weight is 473 g/mol. The van der Waals surface area contributed by atoms with Gasteiger partial charge in [-0.15, -0.1) is 0 Å². The van der Waals surface area contributed by atoms with E-state index in [0.29, 0.717) is 5.92 Å². The molecule has 0 saturated carbocycles. The van der Waals surface area contributed by atoms with E-state index in [0.717, 1.165) is 43.0 Å². The van der Waals surface area contributed by atoms with Gasteiger partial charge in [0, 0.05) is 37.2 Å². The highest BCUT2D eigenvalue weighted by Gasteiger charge is 2.34. The molecule has 0 N–H and O–H groups in total. The van der Waals surface area contributed by atoms with Crippen LogP contribution in [0.15, 0.2) is 60.7 Å². The molecule has 6 nitrogen and oxygen atoms in total. The summed E-state index contributed by atoms with van der Waals surface area (Å²) in [6.45, 7) is 8.69. The fourth-order valence-electron chi connectivity index (χ4n) is 5.42. The molecule has 3 aromatic rings. The highest BCUT2D eigenvalue weighted by atomic mass is 16.7. The maximum absolute atomic E-state index is 11.1. The first-order valence-electron chi connectivity index (χ1n) is 12.4. The van der Waals surface area contributed by atoms with E-state index in [1.807, 2.05) is 12.1 Å². The lowest BCUT2D eigenvalue weighted by Gasteiger charge is -2.41. The molecule has 0 aromatic heterocycles. The monoisotopic (exact) mass is 472 g/mol. The molecule has 2 atom stereocenters. The predicted octanol–water partition coefficient (Wildman–Crippen LogP) is 6.43. The van der Waals surface area contributed by atoms with Crippen LogP contribution in [0.5, 0.6) is 11.5 Å². The van der Waals surface area contributed by atoms with Crippen molar-refractivity contribution in [2.75, 3.05) is 13.3 Å². The first kappa shape index (κ1) is 23.4. The molecule has 0 bridgehead atoms. The van der Waals surface area contributed by atoms with Crippen LogP contribution < -0.4 is 9.47 Å². The summed E-state index contributed by atoms with van der Waals surface area (Å²) in [5.74, 6) is 2.52. The van der Waals surface area contributed by atoms with Crippen LogP contribution in [-0.2, 0) is 19.4 Å². The highest BCUT2D eigenvalue weighted by Crippen LogP contribution is 2.45. The maximum atomic E-state index is 11.1. The van der Waals surface area contributed by atoms with Crippen LogP contribution in [0, 0.1) is 16.0 Å². The van der Waals surface area contributed by atoms with E-state index in [1.54, 1.807) is 12.1 Å². The third-order valence-corrected chi connectivity index (χ3v) is 7.17. The van der Waals surface area contributed by atoms with Crippen LogP contribution >= 0.6 is 0 Å². The van der Waals surface area contributed by atoms with Gasteiger partial charge in [-0.1, -0.05) is 57.2 Å². The van der Waals surface area contributed by atoms with E-state index < -0.39 is 0 Å². The zero-order chi connectivity index (χ0) is 24.5. The number of rotatable bonds is 7. The quantitative estimate of drug-likeness (QED) is 0.293. The van der Waals surface area contributed by atoms with Gasteiger partial charge in [0.05, 0.1) is 4.92 Å². The van der Waals surface area contributed by atoms with Gasteiger partial charge in [-0.05, 0) is 58.7 Å². The summed E-state index contributed by atoms with van der Waals surface area (Å²) >= 11 is 0. The Morgan fingerprint density at radius 3 is 2.29 bits per heavy atom. The zero-order valence-electron chi connectivity index (χ0n) is 20.6. The first-order valence-corrected chi connectivity index (χ1v) is 12.4. The molecule has 0 spiro atoms. The van der Waals surface area contributed by atoms with Crippen LogP contribution in [0.25, 0.3) is 0 Å². The summed E-state index contributed by atoms with van der Waals surface area (Å²) in [5.41, 5.74) is 6.46. The Bertz CT molecular complexity index is 1200. The van der Waals surface area contributed by atoms with Crippen LogP contribution in [0.3, 0.4) is 0 Å². The van der Waals surface area contributed by atoms with Gasteiger partial charge >= 0.3 is 0 Å². The molecule has 5 rings (SSSR count). The van der Waals surface area contributed by atoms with Gasteiger partial charge in [-0.2, -0.15) is 0 Å². The van der Waals surface area contributed by atoms with Crippen molar-refractivity contribution in [3.8, 4) is 11.5 Å². The second-order valence-electron chi connectivity index (χ2n) is 10.1. The van der Waals surface area contributed by atoms with Crippen LogP contribution in [0.4, 0.5) is 5.69 Å². The molecule has 182 valence electrons. The Hall–Kier alpha value is -3.38. The van der Waals surface area contributed by atoms with Crippen LogP contribution in [0.2, 0.25) is 0 Å². The van der Waals surface area contributed by atoms with Crippen molar-refractivity contribution in [3.63, 3.8) is 0 Å². The molecule has 0 radical (unpaired) electrons. The number of hydrogen-bond donors (Lipinski definition) is 0. The lowest BCUT2D eigenvalue weighted by Crippen LogP contribution is -2.37. The van der Waals surface area contributed by atoms with Gasteiger partial charge in [0.25, 0.3) is 5.69 Å². The second-order valence-corrected chi connectivity index (χ2v) is 10.1. The van der Waals surface area contributed by atoms with Gasteiger partial charge in [0.15, 0.2) is 11.5 Å². The standard InChI is InChI=1S/C29H32N2O4/c1-19(2)14-21-4-8-23(9-5-21)20(3)29-26-16-28-27(34-18-35-28)15-24(26)12-13-30(29)17-22-6-10-25(11-7-22)31(32)33/h4-11,15-16,19-20,29H,12-14,17-18H2,1-3H3/t20-,29-/m1/s1. The Morgan fingerprint density at radius 1 is 0.971 bits per heavy atom. The Morgan fingerprint density at radius 2 is 1.63 bits per heavy atom. The second kappa shape index (κ2) is 9.70. The molecule has 2 heterocycles. The van der Waals surface area contributed by atoms with Crippen molar-refractivity contribution in [3.05, 3.63) is 98.6 Å². The molecule has 2 aliphatic rings. The number of ether oxygens (including phenoxy) is 2. The van der Waals surface area contributed by atoms with Crippen molar-refractivity contribution >= 4 is 5.69 Å². The first-order chi connectivity index (χ1) is 16.9. The van der Waals surface area contributed by atoms with Crippen LogP contribution in [-0.4, -0.2) is 23.2 Å². The number of non-ortho nitro benzene ring substituents is 1. The van der Waals surface area contributed by atoms with Gasteiger partial charge in [-0.25, -0.2) is 0 Å². The van der Waals surface area contributed by atoms with E-state index in [9.17, 15) is 10.1 Å². The van der Waals surface area contributed by atoms with Crippen molar-refractivity contribution in [2.24, 2.45) is 5.92 Å². The molecule has 6 heteroatoms. The molecule has 3 aromatic carbocycles. The van der Waals surface area contributed by atoms with Gasteiger partial charge in [0.1, 0.15) is 0 Å². The molecule has 0 saturated heterocycles. The van der Waals surface area contributed by atoms with Crippen molar-refractivity contribution < 1.29 is 14.4 Å².